The second kappa shape index (κ2) is 8.64. The summed E-state index contributed by atoms with van der Waals surface area (Å²) in [5.74, 6) is 0.270. The highest BCUT2D eigenvalue weighted by Gasteiger charge is 2.13. The SMILES string of the molecule is Cc1cc(C(=O)NCCc2cccc(Cl)c2)nc(N(C)c2ccccc2)n1. The van der Waals surface area contributed by atoms with Gasteiger partial charge in [-0.1, -0.05) is 41.9 Å². The largest absolute Gasteiger partial charge is 0.350 e. The molecule has 3 aromatic rings. The van der Waals surface area contributed by atoms with E-state index in [1.165, 1.54) is 0 Å². The summed E-state index contributed by atoms with van der Waals surface area (Å²) in [6, 6.07) is 19.1. The normalized spacial score (nSPS) is 10.5. The molecule has 6 heteroatoms. The quantitative estimate of drug-likeness (QED) is 0.697. The summed E-state index contributed by atoms with van der Waals surface area (Å²) in [5.41, 5.74) is 3.12. The molecule has 138 valence electrons. The molecule has 1 heterocycles. The van der Waals surface area contributed by atoms with E-state index in [0.29, 0.717) is 29.6 Å². The molecule has 0 aliphatic heterocycles. The summed E-state index contributed by atoms with van der Waals surface area (Å²) >= 11 is 5.99. The van der Waals surface area contributed by atoms with Gasteiger partial charge in [-0.25, -0.2) is 9.97 Å². The fraction of sp³-hybridized carbons (Fsp3) is 0.190. The van der Waals surface area contributed by atoms with Crippen LogP contribution in [0, 0.1) is 6.92 Å². The number of hydrogen-bond acceptors (Lipinski definition) is 4. The average molecular weight is 381 g/mol. The number of anilines is 2. The van der Waals surface area contributed by atoms with Crippen LogP contribution in [0.25, 0.3) is 0 Å². The Morgan fingerprint density at radius 2 is 1.85 bits per heavy atom. The number of carbonyl (C=O) groups is 1. The fourth-order valence-electron chi connectivity index (χ4n) is 2.69. The van der Waals surface area contributed by atoms with Crippen molar-refractivity contribution in [3.8, 4) is 0 Å². The van der Waals surface area contributed by atoms with Crippen LogP contribution in [0.2, 0.25) is 5.02 Å². The Morgan fingerprint density at radius 1 is 1.07 bits per heavy atom. The first-order valence-electron chi connectivity index (χ1n) is 8.70. The highest BCUT2D eigenvalue weighted by molar-refractivity contribution is 6.30. The second-order valence-corrected chi connectivity index (χ2v) is 6.66. The number of amides is 1. The third-order valence-corrected chi connectivity index (χ3v) is 4.34. The monoisotopic (exact) mass is 380 g/mol. The Bertz CT molecular complexity index is 930. The predicted octanol–water partition coefficient (Wildman–Crippen LogP) is 4.18. The summed E-state index contributed by atoms with van der Waals surface area (Å²) < 4.78 is 0. The van der Waals surface area contributed by atoms with Crippen LogP contribution in [0.3, 0.4) is 0 Å². The molecule has 27 heavy (non-hydrogen) atoms. The van der Waals surface area contributed by atoms with Gasteiger partial charge in [-0.2, -0.15) is 0 Å². The Morgan fingerprint density at radius 3 is 2.59 bits per heavy atom. The van der Waals surface area contributed by atoms with E-state index in [0.717, 1.165) is 16.9 Å². The maximum absolute atomic E-state index is 12.5. The molecule has 0 aliphatic rings. The first-order chi connectivity index (χ1) is 13.0. The topological polar surface area (TPSA) is 58.1 Å². The average Bonchev–Trinajstić information content (AvgIpc) is 2.67. The van der Waals surface area contributed by atoms with Crippen LogP contribution >= 0.6 is 11.6 Å². The van der Waals surface area contributed by atoms with Gasteiger partial charge in [0.2, 0.25) is 5.95 Å². The molecule has 1 amide bonds. The number of carbonyl (C=O) groups excluding carboxylic acids is 1. The molecule has 0 saturated heterocycles. The number of aromatic nitrogens is 2. The molecule has 0 bridgehead atoms. The highest BCUT2D eigenvalue weighted by atomic mass is 35.5. The zero-order valence-corrected chi connectivity index (χ0v) is 16.1. The van der Waals surface area contributed by atoms with Crippen molar-refractivity contribution >= 4 is 29.1 Å². The van der Waals surface area contributed by atoms with Gasteiger partial charge in [0.1, 0.15) is 5.69 Å². The Labute approximate surface area is 164 Å². The third kappa shape index (κ3) is 5.05. The highest BCUT2D eigenvalue weighted by Crippen LogP contribution is 2.20. The molecule has 0 radical (unpaired) electrons. The van der Waals surface area contributed by atoms with E-state index >= 15 is 0 Å². The number of para-hydroxylation sites is 1. The molecule has 5 nitrogen and oxygen atoms in total. The first-order valence-corrected chi connectivity index (χ1v) is 9.08. The molecule has 2 aromatic carbocycles. The molecular weight excluding hydrogens is 360 g/mol. The van der Waals surface area contributed by atoms with Gasteiger partial charge in [0.15, 0.2) is 0 Å². The lowest BCUT2D eigenvalue weighted by atomic mass is 10.1. The molecule has 0 aliphatic carbocycles. The molecule has 0 unspecified atom stereocenters. The van der Waals surface area contributed by atoms with Gasteiger partial charge in [0, 0.05) is 30.0 Å². The lowest BCUT2D eigenvalue weighted by molar-refractivity contribution is 0.0949. The van der Waals surface area contributed by atoms with E-state index < -0.39 is 0 Å². The van der Waals surface area contributed by atoms with Crippen LogP contribution in [0.5, 0.6) is 0 Å². The summed E-state index contributed by atoms with van der Waals surface area (Å²) in [4.78, 5) is 23.3. The number of hydrogen-bond donors (Lipinski definition) is 1. The Balaban J connectivity index is 1.68. The van der Waals surface area contributed by atoms with Crippen molar-refractivity contribution in [1.29, 1.82) is 0 Å². The van der Waals surface area contributed by atoms with Gasteiger partial charge in [0.05, 0.1) is 0 Å². The summed E-state index contributed by atoms with van der Waals surface area (Å²) in [6.45, 7) is 2.36. The lowest BCUT2D eigenvalue weighted by Gasteiger charge is -2.18. The Kier molecular flexibility index (Phi) is 6.04. The van der Waals surface area contributed by atoms with E-state index in [1.807, 2.05) is 73.5 Å². The zero-order valence-electron chi connectivity index (χ0n) is 15.3. The van der Waals surface area contributed by atoms with E-state index in [2.05, 4.69) is 15.3 Å². The van der Waals surface area contributed by atoms with Crippen molar-refractivity contribution < 1.29 is 4.79 Å². The first kappa shape index (κ1) is 18.9. The van der Waals surface area contributed by atoms with Crippen LogP contribution in [0.1, 0.15) is 21.7 Å². The van der Waals surface area contributed by atoms with Crippen LogP contribution in [0.4, 0.5) is 11.6 Å². The summed E-state index contributed by atoms with van der Waals surface area (Å²) in [7, 11) is 1.88. The maximum atomic E-state index is 12.5. The van der Waals surface area contributed by atoms with Crippen molar-refractivity contribution in [3.63, 3.8) is 0 Å². The summed E-state index contributed by atoms with van der Waals surface area (Å²) in [6.07, 6.45) is 0.702. The molecule has 1 aromatic heterocycles. The van der Waals surface area contributed by atoms with E-state index in [-0.39, 0.29) is 5.91 Å². The van der Waals surface area contributed by atoms with E-state index in [1.54, 1.807) is 6.07 Å². The maximum Gasteiger partial charge on any atom is 0.270 e. The Hall–Kier alpha value is -2.92. The second-order valence-electron chi connectivity index (χ2n) is 6.22. The van der Waals surface area contributed by atoms with Crippen molar-refractivity contribution in [1.82, 2.24) is 15.3 Å². The number of benzene rings is 2. The molecule has 3 rings (SSSR count). The smallest absolute Gasteiger partial charge is 0.270 e. The number of nitrogens with zero attached hydrogens (tertiary/aromatic N) is 3. The molecular formula is C21H21ClN4O. The van der Waals surface area contributed by atoms with Gasteiger partial charge in [-0.3, -0.25) is 4.79 Å². The van der Waals surface area contributed by atoms with Gasteiger partial charge >= 0.3 is 0 Å². The van der Waals surface area contributed by atoms with Crippen molar-refractivity contribution in [2.75, 3.05) is 18.5 Å². The number of rotatable bonds is 6. The minimum absolute atomic E-state index is 0.217. The van der Waals surface area contributed by atoms with Crippen LogP contribution in [-0.2, 0) is 6.42 Å². The summed E-state index contributed by atoms with van der Waals surface area (Å²) in [5, 5.41) is 3.60. The predicted molar refractivity (Wildman–Crippen MR) is 109 cm³/mol. The molecule has 1 N–H and O–H groups in total. The minimum atomic E-state index is -0.217. The molecule has 0 spiro atoms. The minimum Gasteiger partial charge on any atom is -0.350 e. The van der Waals surface area contributed by atoms with Gasteiger partial charge in [-0.05, 0) is 49.2 Å². The van der Waals surface area contributed by atoms with Gasteiger partial charge in [0.25, 0.3) is 5.91 Å². The fourth-order valence-corrected chi connectivity index (χ4v) is 2.90. The molecule has 0 saturated carbocycles. The number of nitrogens with one attached hydrogen (secondary N) is 1. The third-order valence-electron chi connectivity index (χ3n) is 4.11. The van der Waals surface area contributed by atoms with Crippen molar-refractivity contribution in [2.24, 2.45) is 0 Å². The number of halogens is 1. The van der Waals surface area contributed by atoms with Crippen molar-refractivity contribution in [2.45, 2.75) is 13.3 Å². The van der Waals surface area contributed by atoms with Crippen LogP contribution in [-0.4, -0.2) is 29.5 Å². The van der Waals surface area contributed by atoms with Crippen LogP contribution in [0.15, 0.2) is 60.7 Å². The lowest BCUT2D eigenvalue weighted by Crippen LogP contribution is -2.27. The van der Waals surface area contributed by atoms with Crippen molar-refractivity contribution in [3.05, 3.63) is 82.6 Å². The van der Waals surface area contributed by atoms with Crippen LogP contribution < -0.4 is 10.2 Å². The zero-order chi connectivity index (χ0) is 19.2. The van der Waals surface area contributed by atoms with Gasteiger partial charge in [-0.15, -0.1) is 0 Å². The van der Waals surface area contributed by atoms with Gasteiger partial charge < -0.3 is 10.2 Å². The number of aryl methyl sites for hydroxylation is 1. The standard InChI is InChI=1S/C21H21ClN4O/c1-15-13-19(20(27)23-12-11-16-7-6-8-17(22)14-16)25-21(24-15)26(2)18-9-4-3-5-10-18/h3-10,13-14H,11-12H2,1-2H3,(H,23,27). The van der Waals surface area contributed by atoms with E-state index in [4.69, 9.17) is 11.6 Å². The molecule has 0 atom stereocenters. The van der Waals surface area contributed by atoms with E-state index in [9.17, 15) is 4.79 Å². The molecule has 0 fully saturated rings.